The molecule has 0 aromatic carbocycles. The number of carboxylic acids is 1. The number of hydrogen-bond acceptors (Lipinski definition) is 4. The minimum Gasteiger partial charge on any atom is -0.481 e. The minimum atomic E-state index is -1.10. The summed E-state index contributed by atoms with van der Waals surface area (Å²) < 4.78 is 0. The first-order valence-electron chi connectivity index (χ1n) is 3.98. The number of aromatic nitrogens is 2. The largest absolute Gasteiger partial charge is 0.481 e. The third kappa shape index (κ3) is 1.70. The van der Waals surface area contributed by atoms with E-state index in [1.165, 1.54) is 0 Å². The fourth-order valence-corrected chi connectivity index (χ4v) is 1.19. The van der Waals surface area contributed by atoms with Crippen molar-refractivity contribution in [3.63, 3.8) is 0 Å². The number of aromatic amines is 1. The van der Waals surface area contributed by atoms with Crippen LogP contribution in [0, 0.1) is 10.1 Å². The summed E-state index contributed by atoms with van der Waals surface area (Å²) in [6, 6.07) is 0. The van der Waals surface area contributed by atoms with E-state index < -0.39 is 16.8 Å². The molecule has 1 aromatic rings. The van der Waals surface area contributed by atoms with Crippen LogP contribution in [0.3, 0.4) is 0 Å². The SMILES string of the molecule is CCC(C(=O)O)c1[nH]ncc1[N+](=O)[O-]. The predicted molar refractivity (Wildman–Crippen MR) is 45.9 cm³/mol. The van der Waals surface area contributed by atoms with E-state index >= 15 is 0 Å². The van der Waals surface area contributed by atoms with Crippen LogP contribution >= 0.6 is 0 Å². The van der Waals surface area contributed by atoms with Gasteiger partial charge in [-0.2, -0.15) is 5.10 Å². The third-order valence-electron chi connectivity index (χ3n) is 1.90. The fraction of sp³-hybridized carbons (Fsp3) is 0.429. The third-order valence-corrected chi connectivity index (χ3v) is 1.90. The van der Waals surface area contributed by atoms with Crippen molar-refractivity contribution < 1.29 is 14.8 Å². The summed E-state index contributed by atoms with van der Waals surface area (Å²) in [4.78, 5) is 20.6. The van der Waals surface area contributed by atoms with Crippen LogP contribution in [-0.2, 0) is 4.79 Å². The van der Waals surface area contributed by atoms with Gasteiger partial charge in [-0.05, 0) is 6.42 Å². The van der Waals surface area contributed by atoms with Gasteiger partial charge in [0, 0.05) is 0 Å². The van der Waals surface area contributed by atoms with Crippen molar-refractivity contribution in [3.8, 4) is 0 Å². The van der Waals surface area contributed by atoms with E-state index in [1.54, 1.807) is 6.92 Å². The monoisotopic (exact) mass is 199 g/mol. The average Bonchev–Trinajstić information content (AvgIpc) is 2.53. The van der Waals surface area contributed by atoms with Crippen molar-refractivity contribution in [1.29, 1.82) is 0 Å². The average molecular weight is 199 g/mol. The van der Waals surface area contributed by atoms with Crippen LogP contribution in [0.2, 0.25) is 0 Å². The number of hydrogen-bond donors (Lipinski definition) is 2. The highest BCUT2D eigenvalue weighted by Crippen LogP contribution is 2.26. The van der Waals surface area contributed by atoms with Crippen LogP contribution in [0.4, 0.5) is 5.69 Å². The molecule has 0 saturated heterocycles. The van der Waals surface area contributed by atoms with Crippen LogP contribution < -0.4 is 0 Å². The van der Waals surface area contributed by atoms with Gasteiger partial charge in [-0.25, -0.2) is 0 Å². The van der Waals surface area contributed by atoms with E-state index in [9.17, 15) is 14.9 Å². The minimum absolute atomic E-state index is 0.0463. The Bertz CT molecular complexity index is 360. The van der Waals surface area contributed by atoms with E-state index in [0.717, 1.165) is 6.20 Å². The molecule has 0 bridgehead atoms. The highest BCUT2D eigenvalue weighted by Gasteiger charge is 2.28. The second-order valence-electron chi connectivity index (χ2n) is 2.73. The zero-order chi connectivity index (χ0) is 10.7. The van der Waals surface area contributed by atoms with Crippen molar-refractivity contribution in [3.05, 3.63) is 22.0 Å². The lowest BCUT2D eigenvalue weighted by molar-refractivity contribution is -0.385. The molecule has 76 valence electrons. The summed E-state index contributed by atoms with van der Waals surface area (Å²) in [5, 5.41) is 25.1. The van der Waals surface area contributed by atoms with Crippen molar-refractivity contribution >= 4 is 11.7 Å². The molecule has 0 aliphatic heterocycles. The number of H-pyrrole nitrogens is 1. The van der Waals surface area contributed by atoms with Crippen molar-refractivity contribution in [2.24, 2.45) is 0 Å². The number of rotatable bonds is 4. The normalized spacial score (nSPS) is 12.4. The Hall–Kier alpha value is -1.92. The molecule has 0 spiro atoms. The highest BCUT2D eigenvalue weighted by molar-refractivity contribution is 5.76. The summed E-state index contributed by atoms with van der Waals surface area (Å²) >= 11 is 0. The molecular weight excluding hydrogens is 190 g/mol. The molecule has 1 aromatic heterocycles. The standard InChI is InChI=1S/C7H9N3O4/c1-2-4(7(11)12)6-5(10(13)14)3-8-9-6/h3-4H,2H2,1H3,(H,8,9)(H,11,12). The molecule has 0 radical (unpaired) electrons. The first-order chi connectivity index (χ1) is 6.57. The summed E-state index contributed by atoms with van der Waals surface area (Å²) in [6.07, 6.45) is 1.29. The maximum atomic E-state index is 10.7. The number of nitrogens with one attached hydrogen (secondary N) is 1. The molecule has 1 rings (SSSR count). The molecule has 1 unspecified atom stereocenters. The van der Waals surface area contributed by atoms with E-state index in [1.807, 2.05) is 0 Å². The molecule has 0 amide bonds. The van der Waals surface area contributed by atoms with E-state index in [-0.39, 0.29) is 17.8 Å². The Labute approximate surface area is 78.9 Å². The van der Waals surface area contributed by atoms with Gasteiger partial charge in [0.25, 0.3) is 0 Å². The summed E-state index contributed by atoms with van der Waals surface area (Å²) in [6.45, 7) is 1.64. The Morgan fingerprint density at radius 1 is 1.86 bits per heavy atom. The Balaban J connectivity index is 3.10. The van der Waals surface area contributed by atoms with Gasteiger partial charge in [-0.1, -0.05) is 6.92 Å². The zero-order valence-corrected chi connectivity index (χ0v) is 7.43. The smallest absolute Gasteiger partial charge is 0.312 e. The second kappa shape index (κ2) is 3.86. The lowest BCUT2D eigenvalue weighted by Gasteiger charge is -2.05. The van der Waals surface area contributed by atoms with E-state index in [2.05, 4.69) is 10.2 Å². The van der Waals surface area contributed by atoms with Crippen LogP contribution in [0.15, 0.2) is 6.20 Å². The van der Waals surface area contributed by atoms with Gasteiger partial charge in [0.05, 0.1) is 4.92 Å². The Morgan fingerprint density at radius 3 is 2.93 bits per heavy atom. The van der Waals surface area contributed by atoms with Gasteiger partial charge in [0.2, 0.25) is 0 Å². The molecule has 1 heterocycles. The first kappa shape index (κ1) is 10.2. The molecule has 7 heteroatoms. The molecule has 0 aliphatic carbocycles. The maximum Gasteiger partial charge on any atom is 0.312 e. The maximum absolute atomic E-state index is 10.7. The van der Waals surface area contributed by atoms with E-state index in [0.29, 0.717) is 0 Å². The number of aliphatic carboxylic acids is 1. The topological polar surface area (TPSA) is 109 Å². The molecule has 0 aliphatic rings. The van der Waals surface area contributed by atoms with Crippen LogP contribution in [-0.4, -0.2) is 26.2 Å². The number of nitrogens with zero attached hydrogens (tertiary/aromatic N) is 2. The summed E-state index contributed by atoms with van der Waals surface area (Å²) in [5.74, 6) is -2.00. The molecule has 0 saturated carbocycles. The van der Waals surface area contributed by atoms with Crippen LogP contribution in [0.1, 0.15) is 25.0 Å². The molecule has 7 nitrogen and oxygen atoms in total. The lowest BCUT2D eigenvalue weighted by Crippen LogP contribution is -2.12. The van der Waals surface area contributed by atoms with Crippen molar-refractivity contribution in [2.75, 3.05) is 0 Å². The van der Waals surface area contributed by atoms with Crippen LogP contribution in [0.25, 0.3) is 0 Å². The van der Waals surface area contributed by atoms with Gasteiger partial charge in [0.15, 0.2) is 0 Å². The molecular formula is C7H9N3O4. The van der Waals surface area contributed by atoms with Gasteiger partial charge in [-0.3, -0.25) is 20.0 Å². The summed E-state index contributed by atoms with van der Waals surface area (Å²) in [5.41, 5.74) is -0.232. The van der Waals surface area contributed by atoms with E-state index in [4.69, 9.17) is 5.11 Å². The van der Waals surface area contributed by atoms with Crippen molar-refractivity contribution in [1.82, 2.24) is 10.2 Å². The molecule has 1 atom stereocenters. The quantitative estimate of drug-likeness (QED) is 0.552. The fourth-order valence-electron chi connectivity index (χ4n) is 1.19. The summed E-state index contributed by atoms with van der Waals surface area (Å²) in [7, 11) is 0. The zero-order valence-electron chi connectivity index (χ0n) is 7.43. The van der Waals surface area contributed by atoms with Gasteiger partial charge in [-0.15, -0.1) is 0 Å². The van der Waals surface area contributed by atoms with Gasteiger partial charge < -0.3 is 5.11 Å². The Morgan fingerprint density at radius 2 is 2.50 bits per heavy atom. The van der Waals surface area contributed by atoms with Crippen molar-refractivity contribution in [2.45, 2.75) is 19.3 Å². The van der Waals surface area contributed by atoms with Gasteiger partial charge in [0.1, 0.15) is 17.8 Å². The second-order valence-corrected chi connectivity index (χ2v) is 2.73. The number of carboxylic acid groups (broad SMARTS) is 1. The Kier molecular flexibility index (Phi) is 2.80. The number of carbonyl (C=O) groups is 1. The first-order valence-corrected chi connectivity index (χ1v) is 3.98. The highest BCUT2D eigenvalue weighted by atomic mass is 16.6. The van der Waals surface area contributed by atoms with Crippen LogP contribution in [0.5, 0.6) is 0 Å². The molecule has 2 N–H and O–H groups in total. The predicted octanol–water partition coefficient (Wildman–Crippen LogP) is 0.896. The lowest BCUT2D eigenvalue weighted by atomic mass is 10.0. The number of nitro groups is 1. The van der Waals surface area contributed by atoms with Gasteiger partial charge >= 0.3 is 11.7 Å². The molecule has 0 fully saturated rings. The molecule has 14 heavy (non-hydrogen) atoms.